The van der Waals surface area contributed by atoms with Gasteiger partial charge in [0, 0.05) is 12.8 Å². The fourth-order valence-corrected chi connectivity index (χ4v) is 2.00. The Bertz CT molecular complexity index is 505. The summed E-state index contributed by atoms with van der Waals surface area (Å²) in [6.45, 7) is 3.16. The van der Waals surface area contributed by atoms with Crippen molar-refractivity contribution in [2.45, 2.75) is 32.2 Å². The van der Waals surface area contributed by atoms with Crippen molar-refractivity contribution >= 4 is 17.7 Å². The van der Waals surface area contributed by atoms with Crippen molar-refractivity contribution in [3.63, 3.8) is 0 Å². The largest absolute Gasteiger partial charge is 0.469 e. The molecule has 1 saturated heterocycles. The van der Waals surface area contributed by atoms with Gasteiger partial charge in [-0.2, -0.15) is 0 Å². The molecular formula is C13H16N2O4. The summed E-state index contributed by atoms with van der Waals surface area (Å²) in [5.74, 6) is -0.422. The maximum absolute atomic E-state index is 12.2. The first kappa shape index (κ1) is 13.3. The maximum Gasteiger partial charge on any atom is 0.252 e. The van der Waals surface area contributed by atoms with Crippen LogP contribution in [0.2, 0.25) is 0 Å². The Balaban J connectivity index is 2.04. The highest BCUT2D eigenvalue weighted by molar-refractivity contribution is 6.06. The molecule has 1 aliphatic heterocycles. The van der Waals surface area contributed by atoms with Gasteiger partial charge in [-0.05, 0) is 26.0 Å². The van der Waals surface area contributed by atoms with Gasteiger partial charge in [-0.25, -0.2) is 0 Å². The van der Waals surface area contributed by atoms with Gasteiger partial charge in [0.1, 0.15) is 17.8 Å². The van der Waals surface area contributed by atoms with Crippen LogP contribution >= 0.6 is 0 Å². The van der Waals surface area contributed by atoms with E-state index in [2.05, 4.69) is 5.32 Å². The summed E-state index contributed by atoms with van der Waals surface area (Å²) < 4.78 is 5.15. The smallest absolute Gasteiger partial charge is 0.252 e. The molecule has 19 heavy (non-hydrogen) atoms. The van der Waals surface area contributed by atoms with E-state index in [4.69, 9.17) is 4.42 Å². The van der Waals surface area contributed by atoms with E-state index in [9.17, 15) is 14.4 Å². The van der Waals surface area contributed by atoms with E-state index < -0.39 is 17.4 Å². The number of nitrogens with one attached hydrogen (secondary N) is 1. The normalized spacial score (nSPS) is 18.3. The van der Waals surface area contributed by atoms with E-state index in [-0.39, 0.29) is 18.9 Å². The Morgan fingerprint density at radius 1 is 1.47 bits per heavy atom. The Morgan fingerprint density at radius 3 is 2.84 bits per heavy atom. The molecule has 1 fully saturated rings. The first-order chi connectivity index (χ1) is 8.91. The van der Waals surface area contributed by atoms with Crippen molar-refractivity contribution in [2.24, 2.45) is 0 Å². The van der Waals surface area contributed by atoms with Gasteiger partial charge in [-0.1, -0.05) is 0 Å². The number of hydrogen-bond acceptors (Lipinski definition) is 4. The van der Waals surface area contributed by atoms with Gasteiger partial charge >= 0.3 is 0 Å². The third-order valence-corrected chi connectivity index (χ3v) is 3.25. The summed E-state index contributed by atoms with van der Waals surface area (Å²) in [6, 6.07) is 3.54. The summed E-state index contributed by atoms with van der Waals surface area (Å²) in [5.41, 5.74) is -1.01. The molecule has 6 heteroatoms. The van der Waals surface area contributed by atoms with E-state index in [0.29, 0.717) is 12.2 Å². The highest BCUT2D eigenvalue weighted by Crippen LogP contribution is 2.19. The number of furan rings is 1. The third-order valence-electron chi connectivity index (χ3n) is 3.25. The SMILES string of the molecule is CC1(C)C(=O)NC(=O)CN1C(=O)CCc1ccco1. The molecule has 0 bridgehead atoms. The second-order valence-corrected chi connectivity index (χ2v) is 5.00. The van der Waals surface area contributed by atoms with Crippen molar-refractivity contribution in [1.29, 1.82) is 0 Å². The van der Waals surface area contributed by atoms with Gasteiger partial charge in [0.2, 0.25) is 11.8 Å². The van der Waals surface area contributed by atoms with Crippen LogP contribution in [-0.2, 0) is 20.8 Å². The molecule has 0 atom stereocenters. The number of hydrogen-bond donors (Lipinski definition) is 1. The summed E-state index contributed by atoms with van der Waals surface area (Å²) >= 11 is 0. The van der Waals surface area contributed by atoms with E-state index in [1.54, 1.807) is 32.2 Å². The predicted molar refractivity (Wildman–Crippen MR) is 66.0 cm³/mol. The average molecular weight is 264 g/mol. The van der Waals surface area contributed by atoms with Crippen LogP contribution in [0.25, 0.3) is 0 Å². The standard InChI is InChI=1S/C13H16N2O4/c1-13(2)12(18)14-10(16)8-15(13)11(17)6-5-9-4-3-7-19-9/h3-4,7H,5-6,8H2,1-2H3,(H,14,16,18). The molecule has 0 saturated carbocycles. The lowest BCUT2D eigenvalue weighted by atomic mass is 9.98. The summed E-state index contributed by atoms with van der Waals surface area (Å²) in [6.07, 6.45) is 2.20. The predicted octanol–water partition coefficient (Wildman–Crippen LogP) is 0.476. The van der Waals surface area contributed by atoms with E-state index in [1.807, 2.05) is 0 Å². The topological polar surface area (TPSA) is 79.6 Å². The van der Waals surface area contributed by atoms with Crippen LogP contribution in [0.3, 0.4) is 0 Å². The van der Waals surface area contributed by atoms with E-state index >= 15 is 0 Å². The van der Waals surface area contributed by atoms with Crippen LogP contribution in [-0.4, -0.2) is 34.7 Å². The number of rotatable bonds is 3. The number of nitrogens with zero attached hydrogens (tertiary/aromatic N) is 1. The van der Waals surface area contributed by atoms with Crippen LogP contribution in [0.5, 0.6) is 0 Å². The zero-order chi connectivity index (χ0) is 14.0. The van der Waals surface area contributed by atoms with Crippen molar-refractivity contribution in [1.82, 2.24) is 10.2 Å². The molecule has 0 radical (unpaired) electrons. The highest BCUT2D eigenvalue weighted by Gasteiger charge is 2.43. The van der Waals surface area contributed by atoms with Gasteiger partial charge in [0.15, 0.2) is 0 Å². The molecule has 1 aromatic heterocycles. The van der Waals surface area contributed by atoms with Crippen molar-refractivity contribution in [2.75, 3.05) is 6.54 Å². The molecule has 3 amide bonds. The first-order valence-electron chi connectivity index (χ1n) is 6.08. The molecule has 6 nitrogen and oxygen atoms in total. The summed E-state index contributed by atoms with van der Waals surface area (Å²) in [5, 5.41) is 2.23. The Labute approximate surface area is 110 Å². The first-order valence-corrected chi connectivity index (χ1v) is 6.08. The minimum atomic E-state index is -1.01. The molecule has 0 spiro atoms. The van der Waals surface area contributed by atoms with E-state index in [0.717, 1.165) is 0 Å². The minimum Gasteiger partial charge on any atom is -0.469 e. The molecule has 1 aromatic rings. The van der Waals surface area contributed by atoms with Crippen molar-refractivity contribution < 1.29 is 18.8 Å². The number of carbonyl (C=O) groups is 3. The van der Waals surface area contributed by atoms with Crippen molar-refractivity contribution in [3.8, 4) is 0 Å². The third kappa shape index (κ3) is 2.67. The molecule has 1 N–H and O–H groups in total. The van der Waals surface area contributed by atoms with Crippen molar-refractivity contribution in [3.05, 3.63) is 24.2 Å². The van der Waals surface area contributed by atoms with Crippen LogP contribution < -0.4 is 5.32 Å². The number of imide groups is 1. The van der Waals surface area contributed by atoms with Gasteiger partial charge in [0.05, 0.1) is 6.26 Å². The van der Waals surface area contributed by atoms with Gasteiger partial charge in [-0.3, -0.25) is 19.7 Å². The number of piperazine rings is 1. The summed E-state index contributed by atoms with van der Waals surface area (Å²) in [4.78, 5) is 36.6. The zero-order valence-corrected chi connectivity index (χ0v) is 10.9. The van der Waals surface area contributed by atoms with Gasteiger partial charge in [-0.15, -0.1) is 0 Å². The molecule has 0 aromatic carbocycles. The molecule has 1 aliphatic rings. The van der Waals surface area contributed by atoms with Crippen LogP contribution in [0.15, 0.2) is 22.8 Å². The number of aryl methyl sites for hydroxylation is 1. The second kappa shape index (κ2) is 4.87. The molecule has 102 valence electrons. The minimum absolute atomic E-state index is 0.0876. The number of carbonyl (C=O) groups excluding carboxylic acids is 3. The highest BCUT2D eigenvalue weighted by atomic mass is 16.3. The lowest BCUT2D eigenvalue weighted by molar-refractivity contribution is -0.155. The van der Waals surface area contributed by atoms with E-state index in [1.165, 1.54) is 4.90 Å². The molecule has 2 rings (SSSR count). The monoisotopic (exact) mass is 264 g/mol. The lowest BCUT2D eigenvalue weighted by Crippen LogP contribution is -2.65. The Morgan fingerprint density at radius 2 is 2.21 bits per heavy atom. The number of amides is 3. The van der Waals surface area contributed by atoms with Crippen LogP contribution in [0.1, 0.15) is 26.0 Å². The quantitative estimate of drug-likeness (QED) is 0.805. The molecule has 2 heterocycles. The molecular weight excluding hydrogens is 248 g/mol. The molecule has 0 aliphatic carbocycles. The van der Waals surface area contributed by atoms with Crippen LogP contribution in [0, 0.1) is 0 Å². The maximum atomic E-state index is 12.2. The average Bonchev–Trinajstić information content (AvgIpc) is 2.84. The Hall–Kier alpha value is -2.11. The van der Waals surface area contributed by atoms with Gasteiger partial charge < -0.3 is 9.32 Å². The summed E-state index contributed by atoms with van der Waals surface area (Å²) in [7, 11) is 0. The second-order valence-electron chi connectivity index (χ2n) is 5.00. The molecule has 0 unspecified atom stereocenters. The zero-order valence-electron chi connectivity index (χ0n) is 10.9. The van der Waals surface area contributed by atoms with Gasteiger partial charge in [0.25, 0.3) is 5.91 Å². The Kier molecular flexibility index (Phi) is 3.42. The van der Waals surface area contributed by atoms with Crippen LogP contribution in [0.4, 0.5) is 0 Å². The fraction of sp³-hybridized carbons (Fsp3) is 0.462. The lowest BCUT2D eigenvalue weighted by Gasteiger charge is -2.40. The fourth-order valence-electron chi connectivity index (χ4n) is 2.00.